The van der Waals surface area contributed by atoms with Crippen LogP contribution in [0.15, 0.2) is 83.3 Å². The van der Waals surface area contributed by atoms with Gasteiger partial charge >= 0.3 is 0 Å². The molecule has 5 rings (SSSR count). The molecule has 0 radical (unpaired) electrons. The molecule has 146 valence electrons. The highest BCUT2D eigenvalue weighted by Crippen LogP contribution is 2.33. The van der Waals surface area contributed by atoms with Crippen LogP contribution in [0.1, 0.15) is 5.56 Å². The zero-order valence-electron chi connectivity index (χ0n) is 16.7. The van der Waals surface area contributed by atoms with E-state index in [-0.39, 0.29) is 0 Å². The molecule has 2 heterocycles. The van der Waals surface area contributed by atoms with Crippen molar-refractivity contribution in [1.29, 1.82) is 0 Å². The van der Waals surface area contributed by atoms with Gasteiger partial charge in [0.15, 0.2) is 0 Å². The maximum Gasteiger partial charge on any atom is 0.248 e. The highest BCUT2D eigenvalue weighted by molar-refractivity contribution is 5.94. The molecule has 0 N–H and O–H groups in total. The molecule has 0 aliphatic carbocycles. The van der Waals surface area contributed by atoms with Crippen LogP contribution in [0.4, 0.5) is 0 Å². The molecule has 5 aromatic rings. The Hall–Kier alpha value is -3.99. The van der Waals surface area contributed by atoms with E-state index in [1.54, 1.807) is 7.11 Å². The molecule has 0 aliphatic rings. The lowest BCUT2D eigenvalue weighted by atomic mass is 10.0. The number of hydrogen-bond acceptors (Lipinski definition) is 5. The van der Waals surface area contributed by atoms with Gasteiger partial charge < -0.3 is 9.15 Å². The molecule has 0 amide bonds. The normalized spacial score (nSPS) is 11.0. The van der Waals surface area contributed by atoms with Crippen molar-refractivity contribution < 1.29 is 9.15 Å². The quantitative estimate of drug-likeness (QED) is 0.378. The summed E-state index contributed by atoms with van der Waals surface area (Å²) < 4.78 is 11.3. The van der Waals surface area contributed by atoms with Crippen LogP contribution in [0.5, 0.6) is 5.75 Å². The summed E-state index contributed by atoms with van der Waals surface area (Å²) in [7, 11) is 1.66. The standard InChI is InChI=1S/C25H19N3O2/c1-16-6-5-7-18(14-16)24-27-28-25(30-24)21-15-23(17-10-12-19(29-2)13-11-17)26-22-9-4-3-8-20(21)22/h3-15H,1-2H3. The predicted molar refractivity (Wildman–Crippen MR) is 117 cm³/mol. The third-order valence-electron chi connectivity index (χ3n) is 5.02. The number of fused-ring (bicyclic) bond motifs is 1. The summed E-state index contributed by atoms with van der Waals surface area (Å²) in [6, 6.07) is 25.8. The highest BCUT2D eigenvalue weighted by Gasteiger charge is 2.16. The van der Waals surface area contributed by atoms with Gasteiger partial charge in [-0.15, -0.1) is 10.2 Å². The first-order valence-electron chi connectivity index (χ1n) is 9.66. The summed E-state index contributed by atoms with van der Waals surface area (Å²) in [6.45, 7) is 2.04. The van der Waals surface area contributed by atoms with Gasteiger partial charge in [-0.1, -0.05) is 35.9 Å². The Balaban J connectivity index is 1.65. The molecule has 0 saturated heterocycles. The van der Waals surface area contributed by atoms with E-state index in [9.17, 15) is 0 Å². The monoisotopic (exact) mass is 393 g/mol. The van der Waals surface area contributed by atoms with Crippen molar-refractivity contribution in [2.45, 2.75) is 6.92 Å². The molecule has 0 unspecified atom stereocenters. The first kappa shape index (κ1) is 18.1. The molecule has 0 saturated carbocycles. The largest absolute Gasteiger partial charge is 0.497 e. The van der Waals surface area contributed by atoms with Crippen LogP contribution in [0.25, 0.3) is 45.1 Å². The van der Waals surface area contributed by atoms with Crippen molar-refractivity contribution in [3.8, 4) is 39.9 Å². The molecule has 0 bridgehead atoms. The average molecular weight is 393 g/mol. The molecule has 30 heavy (non-hydrogen) atoms. The summed E-state index contributed by atoms with van der Waals surface area (Å²) in [5.41, 5.74) is 5.60. The molecule has 5 heteroatoms. The van der Waals surface area contributed by atoms with Crippen LogP contribution in [0, 0.1) is 6.92 Å². The zero-order valence-corrected chi connectivity index (χ0v) is 16.7. The summed E-state index contributed by atoms with van der Waals surface area (Å²) in [4.78, 5) is 4.83. The zero-order chi connectivity index (χ0) is 20.5. The molecule has 0 fully saturated rings. The second-order valence-electron chi connectivity index (χ2n) is 7.08. The summed E-state index contributed by atoms with van der Waals surface area (Å²) in [5, 5.41) is 9.59. The minimum atomic E-state index is 0.472. The lowest BCUT2D eigenvalue weighted by Crippen LogP contribution is -1.90. The molecule has 3 aromatic carbocycles. The topological polar surface area (TPSA) is 61.0 Å². The van der Waals surface area contributed by atoms with Crippen molar-refractivity contribution in [2.75, 3.05) is 7.11 Å². The minimum Gasteiger partial charge on any atom is -0.497 e. The Labute approximate surface area is 174 Å². The number of aromatic nitrogens is 3. The number of hydrogen-bond donors (Lipinski definition) is 0. The third kappa shape index (κ3) is 3.31. The van der Waals surface area contributed by atoms with E-state index in [2.05, 4.69) is 10.2 Å². The molecule has 5 nitrogen and oxygen atoms in total. The van der Waals surface area contributed by atoms with Crippen molar-refractivity contribution in [2.24, 2.45) is 0 Å². The van der Waals surface area contributed by atoms with Crippen LogP contribution in [0.2, 0.25) is 0 Å². The second kappa shape index (κ2) is 7.44. The van der Waals surface area contributed by atoms with Crippen molar-refractivity contribution in [3.05, 3.63) is 84.4 Å². The molecule has 0 spiro atoms. The van der Waals surface area contributed by atoms with Crippen molar-refractivity contribution >= 4 is 10.9 Å². The number of para-hydroxylation sites is 1. The van der Waals surface area contributed by atoms with Gasteiger partial charge in [-0.05, 0) is 55.5 Å². The Morgan fingerprint density at radius 2 is 1.57 bits per heavy atom. The summed E-state index contributed by atoms with van der Waals surface area (Å²) >= 11 is 0. The predicted octanol–water partition coefficient (Wildman–Crippen LogP) is 5.94. The van der Waals surface area contributed by atoms with E-state index in [0.717, 1.165) is 44.6 Å². The molecule has 2 aromatic heterocycles. The maximum atomic E-state index is 6.08. The smallest absolute Gasteiger partial charge is 0.248 e. The lowest BCUT2D eigenvalue weighted by Gasteiger charge is -2.08. The molecule has 0 aliphatic heterocycles. The number of aryl methyl sites for hydroxylation is 1. The number of rotatable bonds is 4. The van der Waals surface area contributed by atoms with Gasteiger partial charge in [-0.3, -0.25) is 0 Å². The number of pyridine rings is 1. The van der Waals surface area contributed by atoms with Gasteiger partial charge in [-0.25, -0.2) is 4.98 Å². The Kier molecular flexibility index (Phi) is 4.48. The first-order chi connectivity index (χ1) is 14.7. The minimum absolute atomic E-state index is 0.472. The Bertz CT molecular complexity index is 1340. The number of ether oxygens (including phenoxy) is 1. The fourth-order valence-electron chi connectivity index (χ4n) is 3.49. The fraction of sp³-hybridized carbons (Fsp3) is 0.0800. The third-order valence-corrected chi connectivity index (χ3v) is 5.02. The second-order valence-corrected chi connectivity index (χ2v) is 7.08. The average Bonchev–Trinajstić information content (AvgIpc) is 3.29. The molecule has 0 atom stereocenters. The van der Waals surface area contributed by atoms with Crippen molar-refractivity contribution in [3.63, 3.8) is 0 Å². The first-order valence-corrected chi connectivity index (χ1v) is 9.66. The van der Waals surface area contributed by atoms with Gasteiger partial charge in [-0.2, -0.15) is 0 Å². The van der Waals surface area contributed by atoms with E-state index in [0.29, 0.717) is 11.8 Å². The van der Waals surface area contributed by atoms with Gasteiger partial charge in [0.1, 0.15) is 5.75 Å². The summed E-state index contributed by atoms with van der Waals surface area (Å²) in [6.07, 6.45) is 0. The van der Waals surface area contributed by atoms with Crippen LogP contribution in [0.3, 0.4) is 0 Å². The fourth-order valence-corrected chi connectivity index (χ4v) is 3.49. The van der Waals surface area contributed by atoms with E-state index in [1.807, 2.05) is 85.8 Å². The van der Waals surface area contributed by atoms with Gasteiger partial charge in [0.25, 0.3) is 0 Å². The van der Waals surface area contributed by atoms with Crippen molar-refractivity contribution in [1.82, 2.24) is 15.2 Å². The highest BCUT2D eigenvalue weighted by atomic mass is 16.5. The number of benzene rings is 3. The Morgan fingerprint density at radius 3 is 2.37 bits per heavy atom. The van der Waals surface area contributed by atoms with E-state index in [4.69, 9.17) is 14.1 Å². The van der Waals surface area contributed by atoms with Gasteiger partial charge in [0.2, 0.25) is 11.8 Å². The molecular formula is C25H19N3O2. The van der Waals surface area contributed by atoms with Crippen LogP contribution < -0.4 is 4.74 Å². The van der Waals surface area contributed by atoms with E-state index < -0.39 is 0 Å². The SMILES string of the molecule is COc1ccc(-c2cc(-c3nnc(-c4cccc(C)c4)o3)c3ccccc3n2)cc1. The van der Waals surface area contributed by atoms with Crippen LogP contribution in [-0.4, -0.2) is 22.3 Å². The number of methoxy groups -OCH3 is 1. The maximum absolute atomic E-state index is 6.08. The summed E-state index contributed by atoms with van der Waals surface area (Å²) in [5.74, 6) is 1.78. The lowest BCUT2D eigenvalue weighted by molar-refractivity contribution is 0.415. The number of nitrogens with zero attached hydrogens (tertiary/aromatic N) is 3. The van der Waals surface area contributed by atoms with Crippen LogP contribution in [-0.2, 0) is 0 Å². The Morgan fingerprint density at radius 1 is 0.767 bits per heavy atom. The van der Waals surface area contributed by atoms with E-state index in [1.165, 1.54) is 0 Å². The molecular weight excluding hydrogens is 374 g/mol. The van der Waals surface area contributed by atoms with E-state index >= 15 is 0 Å². The van der Waals surface area contributed by atoms with Gasteiger partial charge in [0, 0.05) is 16.5 Å². The van der Waals surface area contributed by atoms with Gasteiger partial charge in [0.05, 0.1) is 23.9 Å². The van der Waals surface area contributed by atoms with Crippen LogP contribution >= 0.6 is 0 Å².